The third kappa shape index (κ3) is 1.83. The van der Waals surface area contributed by atoms with Crippen LogP contribution in [0.3, 0.4) is 0 Å². The number of piperidine rings is 1. The fourth-order valence-electron chi connectivity index (χ4n) is 2.31. The SMILES string of the molecule is Cn1ccc([C@H]2NCCC[C@@H]2CN)c1. The Morgan fingerprint density at radius 3 is 3.14 bits per heavy atom. The van der Waals surface area contributed by atoms with Crippen molar-refractivity contribution in [2.75, 3.05) is 13.1 Å². The summed E-state index contributed by atoms with van der Waals surface area (Å²) in [5.41, 5.74) is 7.17. The molecule has 78 valence electrons. The summed E-state index contributed by atoms with van der Waals surface area (Å²) in [7, 11) is 2.06. The van der Waals surface area contributed by atoms with Gasteiger partial charge in [-0.2, -0.15) is 0 Å². The van der Waals surface area contributed by atoms with Gasteiger partial charge in [-0.25, -0.2) is 0 Å². The molecule has 1 aliphatic rings. The third-order valence-electron chi connectivity index (χ3n) is 3.10. The molecule has 1 aromatic rings. The summed E-state index contributed by atoms with van der Waals surface area (Å²) in [5, 5.41) is 3.56. The van der Waals surface area contributed by atoms with Crippen molar-refractivity contribution in [1.82, 2.24) is 9.88 Å². The van der Waals surface area contributed by atoms with E-state index in [9.17, 15) is 0 Å². The van der Waals surface area contributed by atoms with Crippen LogP contribution in [0.2, 0.25) is 0 Å². The van der Waals surface area contributed by atoms with Gasteiger partial charge in [0.25, 0.3) is 0 Å². The molecule has 0 saturated carbocycles. The predicted octanol–water partition coefficient (Wildman–Crippen LogP) is 1.02. The minimum atomic E-state index is 0.468. The summed E-state index contributed by atoms with van der Waals surface area (Å²) in [6, 6.07) is 2.65. The average Bonchev–Trinajstić information content (AvgIpc) is 2.65. The Bertz CT molecular complexity index is 292. The van der Waals surface area contributed by atoms with Gasteiger partial charge in [0.2, 0.25) is 0 Å². The lowest BCUT2D eigenvalue weighted by Gasteiger charge is -2.31. The molecule has 3 nitrogen and oxygen atoms in total. The Labute approximate surface area is 85.3 Å². The van der Waals surface area contributed by atoms with Gasteiger partial charge in [-0.05, 0) is 43.5 Å². The highest BCUT2D eigenvalue weighted by Crippen LogP contribution is 2.28. The van der Waals surface area contributed by atoms with Crippen LogP contribution in [-0.2, 0) is 7.05 Å². The highest BCUT2D eigenvalue weighted by molar-refractivity contribution is 5.17. The molecule has 1 aromatic heterocycles. The second-order valence-electron chi connectivity index (χ2n) is 4.18. The molecule has 2 heterocycles. The molecule has 0 aliphatic carbocycles. The molecule has 14 heavy (non-hydrogen) atoms. The van der Waals surface area contributed by atoms with Crippen molar-refractivity contribution >= 4 is 0 Å². The molecular formula is C11H19N3. The van der Waals surface area contributed by atoms with Gasteiger partial charge in [0, 0.05) is 25.5 Å². The summed E-state index contributed by atoms with van der Waals surface area (Å²) in [4.78, 5) is 0. The van der Waals surface area contributed by atoms with Crippen LogP contribution in [0.5, 0.6) is 0 Å². The molecule has 0 aromatic carbocycles. The number of hydrogen-bond donors (Lipinski definition) is 2. The van der Waals surface area contributed by atoms with Crippen molar-refractivity contribution in [1.29, 1.82) is 0 Å². The largest absolute Gasteiger partial charge is 0.357 e. The van der Waals surface area contributed by atoms with Crippen LogP contribution in [0.15, 0.2) is 18.5 Å². The van der Waals surface area contributed by atoms with E-state index in [1.807, 2.05) is 0 Å². The van der Waals surface area contributed by atoms with E-state index in [4.69, 9.17) is 5.73 Å². The van der Waals surface area contributed by atoms with E-state index in [0.717, 1.165) is 13.1 Å². The van der Waals surface area contributed by atoms with Gasteiger partial charge in [-0.15, -0.1) is 0 Å². The van der Waals surface area contributed by atoms with E-state index < -0.39 is 0 Å². The zero-order chi connectivity index (χ0) is 9.97. The number of hydrogen-bond acceptors (Lipinski definition) is 2. The van der Waals surface area contributed by atoms with Crippen molar-refractivity contribution in [3.8, 4) is 0 Å². The maximum atomic E-state index is 5.79. The van der Waals surface area contributed by atoms with Crippen LogP contribution in [0.1, 0.15) is 24.4 Å². The number of aryl methyl sites for hydroxylation is 1. The summed E-state index contributed by atoms with van der Waals surface area (Å²) in [5.74, 6) is 0.603. The van der Waals surface area contributed by atoms with Crippen molar-refractivity contribution in [2.45, 2.75) is 18.9 Å². The van der Waals surface area contributed by atoms with Crippen LogP contribution in [0.25, 0.3) is 0 Å². The highest BCUT2D eigenvalue weighted by Gasteiger charge is 2.25. The Morgan fingerprint density at radius 2 is 2.50 bits per heavy atom. The minimum absolute atomic E-state index is 0.468. The fraction of sp³-hybridized carbons (Fsp3) is 0.636. The van der Waals surface area contributed by atoms with Gasteiger partial charge in [0.05, 0.1) is 0 Å². The number of nitrogens with zero attached hydrogens (tertiary/aromatic N) is 1. The average molecular weight is 193 g/mol. The van der Waals surface area contributed by atoms with E-state index in [1.165, 1.54) is 18.4 Å². The topological polar surface area (TPSA) is 43.0 Å². The van der Waals surface area contributed by atoms with Gasteiger partial charge in [-0.1, -0.05) is 0 Å². The van der Waals surface area contributed by atoms with Crippen LogP contribution < -0.4 is 11.1 Å². The van der Waals surface area contributed by atoms with Gasteiger partial charge >= 0.3 is 0 Å². The number of rotatable bonds is 2. The maximum absolute atomic E-state index is 5.79. The Hall–Kier alpha value is -0.800. The van der Waals surface area contributed by atoms with Crippen molar-refractivity contribution in [3.63, 3.8) is 0 Å². The van der Waals surface area contributed by atoms with E-state index >= 15 is 0 Å². The van der Waals surface area contributed by atoms with Gasteiger partial charge in [0.1, 0.15) is 0 Å². The molecule has 3 N–H and O–H groups in total. The quantitative estimate of drug-likeness (QED) is 0.736. The van der Waals surface area contributed by atoms with E-state index in [0.29, 0.717) is 12.0 Å². The molecule has 1 aliphatic heterocycles. The molecule has 2 atom stereocenters. The molecule has 0 radical (unpaired) electrons. The number of nitrogens with one attached hydrogen (secondary N) is 1. The lowest BCUT2D eigenvalue weighted by Crippen LogP contribution is -2.37. The highest BCUT2D eigenvalue weighted by atomic mass is 15.0. The minimum Gasteiger partial charge on any atom is -0.357 e. The Balaban J connectivity index is 2.14. The first-order valence-electron chi connectivity index (χ1n) is 5.36. The summed E-state index contributed by atoms with van der Waals surface area (Å²) in [6.07, 6.45) is 6.79. The molecule has 1 fully saturated rings. The summed E-state index contributed by atoms with van der Waals surface area (Å²) in [6.45, 7) is 1.91. The molecule has 1 saturated heterocycles. The second-order valence-corrected chi connectivity index (χ2v) is 4.18. The first-order chi connectivity index (χ1) is 6.81. The predicted molar refractivity (Wildman–Crippen MR) is 57.9 cm³/mol. The standard InChI is InChI=1S/C11H19N3/c1-14-6-4-10(8-14)11-9(7-12)3-2-5-13-11/h4,6,8-9,11,13H,2-3,5,7,12H2,1H3/t9-,11+/m1/s1. The molecule has 0 amide bonds. The van der Waals surface area contributed by atoms with Crippen LogP contribution in [-0.4, -0.2) is 17.7 Å². The molecule has 0 bridgehead atoms. The maximum Gasteiger partial charge on any atom is 0.0375 e. The third-order valence-corrected chi connectivity index (χ3v) is 3.10. The van der Waals surface area contributed by atoms with Crippen molar-refractivity contribution in [2.24, 2.45) is 18.7 Å². The van der Waals surface area contributed by atoms with E-state index in [1.54, 1.807) is 0 Å². The number of nitrogens with two attached hydrogens (primary N) is 1. The molecule has 2 rings (SSSR count). The first kappa shape index (κ1) is 9.74. The second kappa shape index (κ2) is 4.15. The summed E-state index contributed by atoms with van der Waals surface area (Å²) < 4.78 is 2.10. The Kier molecular flexibility index (Phi) is 2.89. The van der Waals surface area contributed by atoms with Gasteiger partial charge in [0.15, 0.2) is 0 Å². The lowest BCUT2D eigenvalue weighted by molar-refractivity contribution is 0.291. The van der Waals surface area contributed by atoms with Crippen molar-refractivity contribution < 1.29 is 0 Å². The first-order valence-corrected chi connectivity index (χ1v) is 5.36. The molecular weight excluding hydrogens is 174 g/mol. The monoisotopic (exact) mass is 193 g/mol. The van der Waals surface area contributed by atoms with Crippen LogP contribution in [0, 0.1) is 5.92 Å². The molecule has 0 unspecified atom stereocenters. The smallest absolute Gasteiger partial charge is 0.0375 e. The van der Waals surface area contributed by atoms with E-state index in [-0.39, 0.29) is 0 Å². The molecule has 0 spiro atoms. The molecule has 3 heteroatoms. The Morgan fingerprint density at radius 1 is 1.64 bits per heavy atom. The van der Waals surface area contributed by atoms with Crippen molar-refractivity contribution in [3.05, 3.63) is 24.0 Å². The normalized spacial score (nSPS) is 27.9. The fourth-order valence-corrected chi connectivity index (χ4v) is 2.31. The lowest BCUT2D eigenvalue weighted by atomic mass is 9.87. The van der Waals surface area contributed by atoms with Gasteiger partial charge < -0.3 is 15.6 Å². The number of aromatic nitrogens is 1. The summed E-state index contributed by atoms with van der Waals surface area (Å²) >= 11 is 0. The zero-order valence-corrected chi connectivity index (χ0v) is 8.74. The van der Waals surface area contributed by atoms with Crippen LogP contribution in [0.4, 0.5) is 0 Å². The van der Waals surface area contributed by atoms with E-state index in [2.05, 4.69) is 35.4 Å². The van der Waals surface area contributed by atoms with Crippen LogP contribution >= 0.6 is 0 Å². The van der Waals surface area contributed by atoms with Gasteiger partial charge in [-0.3, -0.25) is 0 Å². The zero-order valence-electron chi connectivity index (χ0n) is 8.74.